The first-order chi connectivity index (χ1) is 3.93. The summed E-state index contributed by atoms with van der Waals surface area (Å²) >= 11 is 0. The summed E-state index contributed by atoms with van der Waals surface area (Å²) in [5, 5.41) is 6.59. The number of halogens is 1. The summed E-state index contributed by atoms with van der Waals surface area (Å²) in [6.07, 6.45) is 2.70. The second kappa shape index (κ2) is 2.15. The van der Waals surface area contributed by atoms with Gasteiger partial charge in [-0.1, -0.05) is 0 Å². The summed E-state index contributed by atoms with van der Waals surface area (Å²) in [7, 11) is 0. The van der Waals surface area contributed by atoms with Crippen molar-refractivity contribution in [3.63, 3.8) is 0 Å². The number of aromatic nitrogens is 3. The number of anilines is 1. The maximum atomic E-state index is 11.3. The van der Waals surface area contributed by atoms with Gasteiger partial charge in [-0.25, -0.2) is 4.98 Å². The molecule has 0 radical (unpaired) electrons. The average molecular weight is 114 g/mol. The van der Waals surface area contributed by atoms with E-state index < -0.39 is 0 Å². The van der Waals surface area contributed by atoms with Crippen LogP contribution in [0.15, 0.2) is 12.4 Å². The second-order valence-corrected chi connectivity index (χ2v) is 1.06. The molecule has 0 bridgehead atoms. The Morgan fingerprint density at radius 1 is 1.50 bits per heavy atom. The zero-order chi connectivity index (χ0) is 5.82. The Kier molecular flexibility index (Phi) is 1.32. The predicted molar refractivity (Wildman–Crippen MR) is 24.6 cm³/mol. The van der Waals surface area contributed by atoms with Crippen molar-refractivity contribution in [1.82, 2.24) is 15.2 Å². The standard InChI is InChI=1S/C3H3FN4/c4-7-3-5-1-2-6-8-3/h1-2H,(H,5,7,8). The van der Waals surface area contributed by atoms with Gasteiger partial charge in [-0.3, -0.25) is 0 Å². The monoisotopic (exact) mass is 114 g/mol. The van der Waals surface area contributed by atoms with Gasteiger partial charge in [0.2, 0.25) is 0 Å². The average Bonchev–Trinajstić information content (AvgIpc) is 1.90. The fraction of sp³-hybridized carbons (Fsp3) is 0. The Hall–Kier alpha value is -1.26. The molecule has 0 aliphatic heterocycles. The first-order valence-corrected chi connectivity index (χ1v) is 1.94. The molecule has 1 heterocycles. The molecular weight excluding hydrogens is 111 g/mol. The van der Waals surface area contributed by atoms with Crippen molar-refractivity contribution in [3.05, 3.63) is 12.4 Å². The van der Waals surface area contributed by atoms with E-state index in [2.05, 4.69) is 15.2 Å². The van der Waals surface area contributed by atoms with Crippen LogP contribution in [0.4, 0.5) is 10.4 Å². The molecule has 0 unspecified atom stereocenters. The molecule has 0 aliphatic carbocycles. The third-order valence-corrected chi connectivity index (χ3v) is 0.567. The van der Waals surface area contributed by atoms with Crippen LogP contribution in [-0.2, 0) is 0 Å². The summed E-state index contributed by atoms with van der Waals surface area (Å²) in [5.41, 5.74) is 1.24. The number of rotatable bonds is 1. The van der Waals surface area contributed by atoms with E-state index in [1.54, 1.807) is 0 Å². The lowest BCUT2D eigenvalue weighted by molar-refractivity contribution is 0.600. The quantitative estimate of drug-likeness (QED) is 0.528. The fourth-order valence-electron chi connectivity index (χ4n) is 0.291. The zero-order valence-electron chi connectivity index (χ0n) is 3.87. The van der Waals surface area contributed by atoms with Crippen LogP contribution < -0.4 is 5.54 Å². The third-order valence-electron chi connectivity index (χ3n) is 0.567. The Morgan fingerprint density at radius 3 is 2.75 bits per heavy atom. The molecule has 1 N–H and O–H groups in total. The van der Waals surface area contributed by atoms with E-state index in [1.807, 2.05) is 0 Å². The molecule has 0 fully saturated rings. The molecule has 0 saturated carbocycles. The van der Waals surface area contributed by atoms with Crippen LogP contribution in [0.1, 0.15) is 0 Å². The molecule has 0 saturated heterocycles. The van der Waals surface area contributed by atoms with Crippen molar-refractivity contribution in [3.8, 4) is 0 Å². The van der Waals surface area contributed by atoms with Gasteiger partial charge in [0.25, 0.3) is 5.95 Å². The highest BCUT2D eigenvalue weighted by Crippen LogP contribution is 1.88. The molecule has 0 aromatic carbocycles. The molecule has 0 spiro atoms. The summed E-state index contributed by atoms with van der Waals surface area (Å²) in [5.74, 6) is -0.118. The van der Waals surface area contributed by atoms with Gasteiger partial charge >= 0.3 is 0 Å². The lowest BCUT2D eigenvalue weighted by atomic mass is 10.9. The minimum absolute atomic E-state index is 0.118. The highest BCUT2D eigenvalue weighted by Gasteiger charge is 1.86. The zero-order valence-corrected chi connectivity index (χ0v) is 3.87. The van der Waals surface area contributed by atoms with E-state index in [4.69, 9.17) is 0 Å². The number of hydrogen-bond donors (Lipinski definition) is 1. The molecule has 4 nitrogen and oxygen atoms in total. The van der Waals surface area contributed by atoms with Gasteiger partial charge in [-0.15, -0.1) is 9.58 Å². The molecule has 8 heavy (non-hydrogen) atoms. The minimum atomic E-state index is -0.118. The second-order valence-electron chi connectivity index (χ2n) is 1.06. The first kappa shape index (κ1) is 4.89. The van der Waals surface area contributed by atoms with E-state index in [9.17, 15) is 4.48 Å². The number of nitrogens with zero attached hydrogens (tertiary/aromatic N) is 3. The summed E-state index contributed by atoms with van der Waals surface area (Å²) < 4.78 is 11.3. The van der Waals surface area contributed by atoms with Crippen LogP contribution in [0.5, 0.6) is 0 Å². The highest BCUT2D eigenvalue weighted by atomic mass is 19.2. The smallest absolute Gasteiger partial charge is 0.217 e. The van der Waals surface area contributed by atoms with Crippen molar-refractivity contribution >= 4 is 5.95 Å². The van der Waals surface area contributed by atoms with Crippen molar-refractivity contribution in [2.45, 2.75) is 0 Å². The Labute approximate surface area is 44.7 Å². The summed E-state index contributed by atoms with van der Waals surface area (Å²) in [6.45, 7) is 0. The fourth-order valence-corrected chi connectivity index (χ4v) is 0.291. The lowest BCUT2D eigenvalue weighted by Gasteiger charge is -1.86. The van der Waals surface area contributed by atoms with Crippen LogP contribution in [0.2, 0.25) is 0 Å². The largest absolute Gasteiger partial charge is 0.270 e. The van der Waals surface area contributed by atoms with Gasteiger partial charge in [0, 0.05) is 0 Å². The summed E-state index contributed by atoms with van der Waals surface area (Å²) in [6, 6.07) is 0. The van der Waals surface area contributed by atoms with Crippen LogP contribution in [0.3, 0.4) is 0 Å². The number of nitrogens with one attached hydrogen (secondary N) is 1. The van der Waals surface area contributed by atoms with Crippen molar-refractivity contribution in [2.75, 3.05) is 5.54 Å². The maximum absolute atomic E-state index is 11.3. The van der Waals surface area contributed by atoms with E-state index in [-0.39, 0.29) is 5.95 Å². The van der Waals surface area contributed by atoms with Gasteiger partial charge in [0.15, 0.2) is 0 Å². The number of hydrogen-bond acceptors (Lipinski definition) is 4. The maximum Gasteiger partial charge on any atom is 0.270 e. The van der Waals surface area contributed by atoms with Crippen molar-refractivity contribution in [2.24, 2.45) is 0 Å². The van der Waals surface area contributed by atoms with E-state index in [0.29, 0.717) is 0 Å². The van der Waals surface area contributed by atoms with E-state index in [1.165, 1.54) is 17.9 Å². The van der Waals surface area contributed by atoms with E-state index >= 15 is 0 Å². The SMILES string of the molecule is FNc1nccnn1. The summed E-state index contributed by atoms with van der Waals surface area (Å²) in [4.78, 5) is 3.44. The molecule has 0 atom stereocenters. The molecule has 1 aromatic heterocycles. The van der Waals surface area contributed by atoms with Crippen molar-refractivity contribution in [1.29, 1.82) is 0 Å². The lowest BCUT2D eigenvalue weighted by Crippen LogP contribution is -1.91. The molecule has 0 amide bonds. The van der Waals surface area contributed by atoms with Gasteiger partial charge in [-0.2, -0.15) is 10.6 Å². The topological polar surface area (TPSA) is 50.7 Å². The van der Waals surface area contributed by atoms with Gasteiger partial charge < -0.3 is 0 Å². The van der Waals surface area contributed by atoms with E-state index in [0.717, 1.165) is 0 Å². The third kappa shape index (κ3) is 0.868. The first-order valence-electron chi connectivity index (χ1n) is 1.94. The molecule has 0 aliphatic rings. The van der Waals surface area contributed by atoms with Crippen LogP contribution in [0, 0.1) is 0 Å². The molecule has 1 aromatic rings. The molecule has 1 rings (SSSR count). The normalized spacial score (nSPS) is 8.62. The van der Waals surface area contributed by atoms with Gasteiger partial charge in [0.05, 0.1) is 12.4 Å². The van der Waals surface area contributed by atoms with Crippen molar-refractivity contribution < 1.29 is 4.48 Å². The van der Waals surface area contributed by atoms with Crippen LogP contribution in [0.25, 0.3) is 0 Å². The van der Waals surface area contributed by atoms with Crippen LogP contribution in [-0.4, -0.2) is 15.2 Å². The molecular formula is C3H3FN4. The van der Waals surface area contributed by atoms with Crippen LogP contribution >= 0.6 is 0 Å². The van der Waals surface area contributed by atoms with Gasteiger partial charge in [-0.05, 0) is 0 Å². The minimum Gasteiger partial charge on any atom is -0.217 e. The Bertz CT molecular complexity index is 153. The Morgan fingerprint density at radius 2 is 2.38 bits per heavy atom. The molecule has 42 valence electrons. The molecule has 5 heteroatoms. The Balaban J connectivity index is 2.83. The predicted octanol–water partition coefficient (Wildman–Crippen LogP) is 0.168. The van der Waals surface area contributed by atoms with Gasteiger partial charge in [0.1, 0.15) is 0 Å². The highest BCUT2D eigenvalue weighted by molar-refractivity contribution is 5.14.